The highest BCUT2D eigenvalue weighted by Crippen LogP contribution is 2.28. The number of rotatable bonds is 8. The van der Waals surface area contributed by atoms with Crippen molar-refractivity contribution in [3.63, 3.8) is 0 Å². The highest BCUT2D eigenvalue weighted by Gasteiger charge is 2.22. The van der Waals surface area contributed by atoms with Gasteiger partial charge in [-0.1, -0.05) is 50.7 Å². The third-order valence-corrected chi connectivity index (χ3v) is 4.89. The van der Waals surface area contributed by atoms with Gasteiger partial charge in [0.1, 0.15) is 0 Å². The van der Waals surface area contributed by atoms with E-state index in [1.54, 1.807) is 32.5 Å². The Labute approximate surface area is 169 Å². The highest BCUT2D eigenvalue weighted by atomic mass is 32.2. The zero-order valence-electron chi connectivity index (χ0n) is 16.4. The lowest BCUT2D eigenvalue weighted by atomic mass is 9.91. The third-order valence-electron chi connectivity index (χ3n) is 3.87. The summed E-state index contributed by atoms with van der Waals surface area (Å²) in [5, 5.41) is 2.75. The van der Waals surface area contributed by atoms with Gasteiger partial charge in [0.15, 0.2) is 12.4 Å². The highest BCUT2D eigenvalue weighted by molar-refractivity contribution is 7.99. The van der Waals surface area contributed by atoms with Crippen molar-refractivity contribution in [2.45, 2.75) is 43.4 Å². The topological polar surface area (TPSA) is 72.5 Å². The van der Waals surface area contributed by atoms with Gasteiger partial charge >= 0.3 is 5.97 Å². The van der Waals surface area contributed by atoms with Gasteiger partial charge in [0.2, 0.25) is 5.91 Å². The Bertz CT molecular complexity index is 811. The first-order valence-electron chi connectivity index (χ1n) is 9.06. The molecule has 0 radical (unpaired) electrons. The molecule has 0 heterocycles. The summed E-state index contributed by atoms with van der Waals surface area (Å²) in [6, 6.07) is 17.5. The van der Waals surface area contributed by atoms with Crippen LogP contribution < -0.4 is 5.32 Å². The second kappa shape index (κ2) is 10.1. The maximum atomic E-state index is 12.0. The first kappa shape index (κ1) is 21.7. The molecule has 148 valence electrons. The number of hydrogen-bond donors (Lipinski definition) is 1. The fourth-order valence-corrected chi connectivity index (χ4v) is 2.94. The number of ether oxygens (including phenoxy) is 1. The molecule has 1 N–H and O–H groups in total. The van der Waals surface area contributed by atoms with Crippen LogP contribution in [0.1, 0.15) is 33.6 Å². The largest absolute Gasteiger partial charge is 0.458 e. The van der Waals surface area contributed by atoms with E-state index in [1.165, 1.54) is 0 Å². The van der Waals surface area contributed by atoms with Gasteiger partial charge in [-0.2, -0.15) is 0 Å². The SMILES string of the molecule is CC(C)(C)C(=O)COC(=O)CCC(=O)Nc1ccc(Sc2ccccc2)cc1. The molecule has 2 aromatic carbocycles. The van der Waals surface area contributed by atoms with Crippen molar-refractivity contribution >= 4 is 35.1 Å². The predicted molar refractivity (Wildman–Crippen MR) is 110 cm³/mol. The summed E-state index contributed by atoms with van der Waals surface area (Å²) < 4.78 is 4.93. The van der Waals surface area contributed by atoms with E-state index in [1.807, 2.05) is 54.6 Å². The van der Waals surface area contributed by atoms with Gasteiger partial charge < -0.3 is 10.1 Å². The second-order valence-corrected chi connectivity index (χ2v) is 8.47. The van der Waals surface area contributed by atoms with Crippen molar-refractivity contribution in [1.29, 1.82) is 0 Å². The van der Waals surface area contributed by atoms with Crippen LogP contribution in [0.4, 0.5) is 5.69 Å². The Morgan fingerprint density at radius 1 is 0.893 bits per heavy atom. The zero-order valence-corrected chi connectivity index (χ0v) is 17.2. The summed E-state index contributed by atoms with van der Waals surface area (Å²) in [4.78, 5) is 37.6. The normalized spacial score (nSPS) is 11.0. The lowest BCUT2D eigenvalue weighted by Crippen LogP contribution is -2.26. The van der Waals surface area contributed by atoms with E-state index in [-0.39, 0.29) is 31.1 Å². The Balaban J connectivity index is 1.74. The van der Waals surface area contributed by atoms with Crippen LogP contribution in [0.3, 0.4) is 0 Å². The fraction of sp³-hybridized carbons (Fsp3) is 0.318. The molecule has 5 nitrogen and oxygen atoms in total. The lowest BCUT2D eigenvalue weighted by molar-refractivity contribution is -0.150. The number of nitrogens with one attached hydrogen (secondary N) is 1. The number of esters is 1. The Morgan fingerprint density at radius 3 is 2.11 bits per heavy atom. The van der Waals surface area contributed by atoms with Crippen molar-refractivity contribution in [2.75, 3.05) is 11.9 Å². The predicted octanol–water partition coefficient (Wildman–Crippen LogP) is 4.71. The molecule has 0 saturated carbocycles. The molecular formula is C22H25NO4S. The van der Waals surface area contributed by atoms with E-state index in [9.17, 15) is 14.4 Å². The van der Waals surface area contributed by atoms with E-state index in [4.69, 9.17) is 4.74 Å². The van der Waals surface area contributed by atoms with Crippen LogP contribution in [-0.4, -0.2) is 24.3 Å². The van der Waals surface area contributed by atoms with Crippen LogP contribution in [0.5, 0.6) is 0 Å². The van der Waals surface area contributed by atoms with E-state index in [2.05, 4.69) is 5.32 Å². The lowest BCUT2D eigenvalue weighted by Gasteiger charge is -2.16. The molecule has 0 fully saturated rings. The van der Waals surface area contributed by atoms with Gasteiger partial charge in [-0.3, -0.25) is 14.4 Å². The molecule has 0 spiro atoms. The minimum Gasteiger partial charge on any atom is -0.458 e. The Hall–Kier alpha value is -2.60. The maximum Gasteiger partial charge on any atom is 0.306 e. The summed E-state index contributed by atoms with van der Waals surface area (Å²) in [6.07, 6.45) is -0.0613. The zero-order chi connectivity index (χ0) is 20.6. The molecule has 0 saturated heterocycles. The molecule has 0 aliphatic carbocycles. The third kappa shape index (κ3) is 7.56. The van der Waals surface area contributed by atoms with Crippen molar-refractivity contribution in [3.05, 3.63) is 54.6 Å². The molecule has 2 rings (SSSR count). The van der Waals surface area contributed by atoms with Gasteiger partial charge in [0, 0.05) is 27.3 Å². The number of anilines is 1. The molecule has 0 aliphatic rings. The van der Waals surface area contributed by atoms with Crippen LogP contribution in [0.25, 0.3) is 0 Å². The maximum absolute atomic E-state index is 12.0. The fourth-order valence-electron chi connectivity index (χ4n) is 2.10. The standard InChI is InChI=1S/C22H25NO4S/c1-22(2,3)19(24)15-27-21(26)14-13-20(25)23-16-9-11-18(12-10-16)28-17-7-5-4-6-8-17/h4-12H,13-15H2,1-3H3,(H,23,25). The first-order valence-corrected chi connectivity index (χ1v) is 9.87. The Kier molecular flexibility index (Phi) is 7.81. The van der Waals surface area contributed by atoms with Crippen molar-refractivity contribution < 1.29 is 19.1 Å². The number of carbonyl (C=O) groups is 3. The minimum atomic E-state index is -0.553. The smallest absolute Gasteiger partial charge is 0.306 e. The van der Waals surface area contributed by atoms with Gasteiger partial charge in [-0.05, 0) is 36.4 Å². The molecular weight excluding hydrogens is 374 g/mol. The van der Waals surface area contributed by atoms with E-state index >= 15 is 0 Å². The van der Waals surface area contributed by atoms with Gasteiger partial charge in [-0.15, -0.1) is 0 Å². The van der Waals surface area contributed by atoms with Gasteiger partial charge in [-0.25, -0.2) is 0 Å². The van der Waals surface area contributed by atoms with Crippen molar-refractivity contribution in [3.8, 4) is 0 Å². The molecule has 0 bridgehead atoms. The molecule has 1 amide bonds. The van der Waals surface area contributed by atoms with Crippen molar-refractivity contribution in [1.82, 2.24) is 0 Å². The van der Waals surface area contributed by atoms with Gasteiger partial charge in [0.25, 0.3) is 0 Å². The van der Waals surface area contributed by atoms with Crippen LogP contribution in [0.15, 0.2) is 64.4 Å². The average molecular weight is 400 g/mol. The quantitative estimate of drug-likeness (QED) is 0.651. The molecule has 0 unspecified atom stereocenters. The first-order chi connectivity index (χ1) is 13.2. The summed E-state index contributed by atoms with van der Waals surface area (Å²) in [5.41, 5.74) is 0.112. The average Bonchev–Trinajstić information content (AvgIpc) is 2.66. The van der Waals surface area contributed by atoms with Gasteiger partial charge in [0.05, 0.1) is 6.42 Å². The molecule has 2 aromatic rings. The Morgan fingerprint density at radius 2 is 1.50 bits per heavy atom. The van der Waals surface area contributed by atoms with Crippen LogP contribution in [0.2, 0.25) is 0 Å². The van der Waals surface area contributed by atoms with E-state index in [0.717, 1.165) is 9.79 Å². The molecule has 6 heteroatoms. The number of ketones is 1. The number of amides is 1. The molecule has 28 heavy (non-hydrogen) atoms. The van der Waals surface area contributed by atoms with Crippen molar-refractivity contribution in [2.24, 2.45) is 5.41 Å². The van der Waals surface area contributed by atoms with Crippen LogP contribution in [-0.2, 0) is 19.1 Å². The summed E-state index contributed by atoms with van der Waals surface area (Å²) >= 11 is 1.64. The number of carbonyl (C=O) groups excluding carboxylic acids is 3. The molecule has 0 aromatic heterocycles. The second-order valence-electron chi connectivity index (χ2n) is 7.32. The monoisotopic (exact) mass is 399 g/mol. The number of Topliss-reactive ketones (excluding diaryl/α,β-unsaturated/α-hetero) is 1. The van der Waals surface area contributed by atoms with E-state index < -0.39 is 11.4 Å². The minimum absolute atomic E-state index is 0.00303. The van der Waals surface area contributed by atoms with Crippen LogP contribution >= 0.6 is 11.8 Å². The summed E-state index contributed by atoms with van der Waals surface area (Å²) in [5.74, 6) is -0.983. The number of benzene rings is 2. The molecule has 0 atom stereocenters. The molecule has 0 aliphatic heterocycles. The van der Waals surface area contributed by atoms with Crippen LogP contribution in [0, 0.1) is 5.41 Å². The van der Waals surface area contributed by atoms with E-state index in [0.29, 0.717) is 5.69 Å². The number of hydrogen-bond acceptors (Lipinski definition) is 5. The summed E-state index contributed by atoms with van der Waals surface area (Å²) in [7, 11) is 0. The summed E-state index contributed by atoms with van der Waals surface area (Å²) in [6.45, 7) is 5.03.